The van der Waals surface area contributed by atoms with E-state index in [9.17, 15) is 0 Å². The highest BCUT2D eigenvalue weighted by Crippen LogP contribution is 2.30. The summed E-state index contributed by atoms with van der Waals surface area (Å²) in [4.78, 5) is 0. The van der Waals surface area contributed by atoms with Crippen molar-refractivity contribution in [2.45, 2.75) is 19.4 Å². The van der Waals surface area contributed by atoms with Crippen LogP contribution in [-0.2, 0) is 0 Å². The van der Waals surface area contributed by atoms with E-state index in [2.05, 4.69) is 28.2 Å². The second-order valence-corrected chi connectivity index (χ2v) is 5.04. The standard InChI is InChI=1S/C13H13BrClNO/c1-2-11(13-4-3-7-17-13)16-12-8-9(15)5-6-10(12)14/h3-8,11,16H,2H2,1H3. The molecule has 0 saturated carbocycles. The summed E-state index contributed by atoms with van der Waals surface area (Å²) >= 11 is 9.48. The van der Waals surface area contributed by atoms with Crippen LogP contribution in [0.2, 0.25) is 5.02 Å². The molecule has 0 aliphatic rings. The average molecular weight is 315 g/mol. The van der Waals surface area contributed by atoms with Crippen LogP contribution in [-0.4, -0.2) is 0 Å². The van der Waals surface area contributed by atoms with Crippen molar-refractivity contribution in [3.05, 3.63) is 51.9 Å². The summed E-state index contributed by atoms with van der Waals surface area (Å²) in [6, 6.07) is 9.70. The van der Waals surface area contributed by atoms with Crippen molar-refractivity contribution in [1.82, 2.24) is 0 Å². The minimum atomic E-state index is 0.153. The maximum absolute atomic E-state index is 5.98. The Bertz CT molecular complexity index is 484. The van der Waals surface area contributed by atoms with Crippen LogP contribution in [0.4, 0.5) is 5.69 Å². The lowest BCUT2D eigenvalue weighted by atomic mass is 10.1. The number of halogens is 2. The van der Waals surface area contributed by atoms with Crippen LogP contribution in [0.3, 0.4) is 0 Å². The van der Waals surface area contributed by atoms with E-state index in [4.69, 9.17) is 16.0 Å². The third-order valence-electron chi connectivity index (χ3n) is 2.55. The smallest absolute Gasteiger partial charge is 0.125 e. The van der Waals surface area contributed by atoms with E-state index in [1.165, 1.54) is 0 Å². The number of hydrogen-bond acceptors (Lipinski definition) is 2. The molecular weight excluding hydrogens is 302 g/mol. The monoisotopic (exact) mass is 313 g/mol. The molecule has 0 spiro atoms. The van der Waals surface area contributed by atoms with Crippen LogP contribution in [0.1, 0.15) is 25.1 Å². The Hall–Kier alpha value is -0.930. The van der Waals surface area contributed by atoms with Crippen molar-refractivity contribution >= 4 is 33.2 Å². The van der Waals surface area contributed by atoms with Gasteiger partial charge in [0.25, 0.3) is 0 Å². The summed E-state index contributed by atoms with van der Waals surface area (Å²) in [5.74, 6) is 0.930. The van der Waals surface area contributed by atoms with Crippen LogP contribution in [0.25, 0.3) is 0 Å². The number of nitrogens with one attached hydrogen (secondary N) is 1. The van der Waals surface area contributed by atoms with Crippen LogP contribution < -0.4 is 5.32 Å². The second kappa shape index (κ2) is 5.61. The number of benzene rings is 1. The average Bonchev–Trinajstić information content (AvgIpc) is 2.84. The van der Waals surface area contributed by atoms with Crippen molar-refractivity contribution in [1.29, 1.82) is 0 Å². The van der Waals surface area contributed by atoms with Gasteiger partial charge in [0.15, 0.2) is 0 Å². The Morgan fingerprint density at radius 3 is 2.88 bits per heavy atom. The van der Waals surface area contributed by atoms with Crippen LogP contribution in [0, 0.1) is 0 Å². The molecule has 0 aliphatic heterocycles. The molecular formula is C13H13BrClNO. The molecule has 0 saturated heterocycles. The molecule has 0 amide bonds. The lowest BCUT2D eigenvalue weighted by Gasteiger charge is -2.17. The lowest BCUT2D eigenvalue weighted by Crippen LogP contribution is -2.09. The molecule has 0 bridgehead atoms. The van der Waals surface area contributed by atoms with Gasteiger partial charge in [-0.25, -0.2) is 0 Å². The molecule has 1 atom stereocenters. The van der Waals surface area contributed by atoms with Gasteiger partial charge in [-0.2, -0.15) is 0 Å². The number of furan rings is 1. The van der Waals surface area contributed by atoms with Gasteiger partial charge >= 0.3 is 0 Å². The van der Waals surface area contributed by atoms with Crippen LogP contribution in [0.15, 0.2) is 45.5 Å². The van der Waals surface area contributed by atoms with Gasteiger partial charge in [-0.1, -0.05) is 18.5 Å². The van der Waals surface area contributed by atoms with Gasteiger partial charge < -0.3 is 9.73 Å². The first-order valence-electron chi connectivity index (χ1n) is 5.45. The molecule has 1 unspecified atom stereocenters. The van der Waals surface area contributed by atoms with Gasteiger partial charge in [0.2, 0.25) is 0 Å². The molecule has 2 nitrogen and oxygen atoms in total. The number of anilines is 1. The zero-order chi connectivity index (χ0) is 12.3. The van der Waals surface area contributed by atoms with Gasteiger partial charge in [0, 0.05) is 9.50 Å². The quantitative estimate of drug-likeness (QED) is 0.833. The highest BCUT2D eigenvalue weighted by atomic mass is 79.9. The van der Waals surface area contributed by atoms with E-state index in [1.54, 1.807) is 6.26 Å². The first kappa shape index (κ1) is 12.5. The molecule has 2 aromatic rings. The molecule has 17 heavy (non-hydrogen) atoms. The second-order valence-electron chi connectivity index (χ2n) is 3.74. The van der Waals surface area contributed by atoms with Crippen molar-refractivity contribution in [2.75, 3.05) is 5.32 Å². The highest BCUT2D eigenvalue weighted by Gasteiger charge is 2.13. The Labute approximate surface area is 114 Å². The highest BCUT2D eigenvalue weighted by molar-refractivity contribution is 9.10. The fourth-order valence-electron chi connectivity index (χ4n) is 1.66. The molecule has 90 valence electrons. The van der Waals surface area contributed by atoms with E-state index in [0.717, 1.165) is 22.3 Å². The van der Waals surface area contributed by atoms with Crippen LogP contribution in [0.5, 0.6) is 0 Å². The SMILES string of the molecule is CCC(Nc1cc(Cl)ccc1Br)c1ccco1. The minimum Gasteiger partial charge on any atom is -0.467 e. The van der Waals surface area contributed by atoms with Gasteiger partial charge in [0.1, 0.15) is 5.76 Å². The normalized spacial score (nSPS) is 12.4. The summed E-state index contributed by atoms with van der Waals surface area (Å²) in [5.41, 5.74) is 0.973. The molecule has 2 rings (SSSR count). The van der Waals surface area contributed by atoms with E-state index < -0.39 is 0 Å². The summed E-state index contributed by atoms with van der Waals surface area (Å²) < 4.78 is 6.41. The molecule has 0 aliphatic carbocycles. The Morgan fingerprint density at radius 1 is 1.41 bits per heavy atom. The van der Waals surface area contributed by atoms with Gasteiger partial charge in [-0.3, -0.25) is 0 Å². The number of rotatable bonds is 4. The maximum atomic E-state index is 5.98. The maximum Gasteiger partial charge on any atom is 0.125 e. The third kappa shape index (κ3) is 3.05. The predicted molar refractivity (Wildman–Crippen MR) is 74.5 cm³/mol. The summed E-state index contributed by atoms with van der Waals surface area (Å²) in [6.07, 6.45) is 2.62. The van der Waals surface area contributed by atoms with E-state index in [-0.39, 0.29) is 6.04 Å². The topological polar surface area (TPSA) is 25.2 Å². The lowest BCUT2D eigenvalue weighted by molar-refractivity contribution is 0.474. The minimum absolute atomic E-state index is 0.153. The van der Waals surface area contributed by atoms with Crippen molar-refractivity contribution in [3.8, 4) is 0 Å². The van der Waals surface area contributed by atoms with Gasteiger partial charge in [-0.15, -0.1) is 0 Å². The molecule has 1 aromatic heterocycles. The van der Waals surface area contributed by atoms with Crippen molar-refractivity contribution < 1.29 is 4.42 Å². The molecule has 1 N–H and O–H groups in total. The number of hydrogen-bond donors (Lipinski definition) is 1. The van der Waals surface area contributed by atoms with E-state index in [0.29, 0.717) is 5.02 Å². The molecule has 1 heterocycles. The first-order chi connectivity index (χ1) is 8.20. The van der Waals surface area contributed by atoms with Gasteiger partial charge in [-0.05, 0) is 52.7 Å². The largest absolute Gasteiger partial charge is 0.467 e. The summed E-state index contributed by atoms with van der Waals surface area (Å²) in [6.45, 7) is 2.11. The van der Waals surface area contributed by atoms with Gasteiger partial charge in [0.05, 0.1) is 18.0 Å². The fraction of sp³-hybridized carbons (Fsp3) is 0.231. The zero-order valence-electron chi connectivity index (χ0n) is 9.41. The first-order valence-corrected chi connectivity index (χ1v) is 6.62. The Balaban J connectivity index is 2.21. The summed E-state index contributed by atoms with van der Waals surface area (Å²) in [5, 5.41) is 4.13. The third-order valence-corrected chi connectivity index (χ3v) is 3.48. The molecule has 0 fully saturated rings. The Morgan fingerprint density at radius 2 is 2.24 bits per heavy atom. The zero-order valence-corrected chi connectivity index (χ0v) is 11.8. The van der Waals surface area contributed by atoms with E-state index >= 15 is 0 Å². The van der Waals surface area contributed by atoms with Crippen LogP contribution >= 0.6 is 27.5 Å². The fourth-order valence-corrected chi connectivity index (χ4v) is 2.19. The van der Waals surface area contributed by atoms with E-state index in [1.807, 2.05) is 30.3 Å². The molecule has 0 radical (unpaired) electrons. The summed E-state index contributed by atoms with van der Waals surface area (Å²) in [7, 11) is 0. The van der Waals surface area contributed by atoms with Crippen molar-refractivity contribution in [3.63, 3.8) is 0 Å². The van der Waals surface area contributed by atoms with Crippen molar-refractivity contribution in [2.24, 2.45) is 0 Å². The molecule has 1 aromatic carbocycles. The Kier molecular flexibility index (Phi) is 4.13. The predicted octanol–water partition coefficient (Wildman–Crippen LogP) is 5.26. The molecule has 4 heteroatoms.